The number of carbonyl (C=O) groups excluding carboxylic acids is 1. The van der Waals surface area contributed by atoms with Crippen LogP contribution in [-0.4, -0.2) is 10.9 Å². The molecule has 0 unspecified atom stereocenters. The van der Waals surface area contributed by atoms with Crippen molar-refractivity contribution in [3.8, 4) is 0 Å². The fourth-order valence-electron chi connectivity index (χ4n) is 1.35. The third-order valence-electron chi connectivity index (χ3n) is 2.21. The minimum atomic E-state index is -0.474. The lowest BCUT2D eigenvalue weighted by molar-refractivity contribution is 0.102. The zero-order valence-corrected chi connectivity index (χ0v) is 9.91. The maximum absolute atomic E-state index is 12.6. The van der Waals surface area contributed by atoms with E-state index < -0.39 is 11.7 Å². The van der Waals surface area contributed by atoms with Crippen molar-refractivity contribution in [2.24, 2.45) is 0 Å². The minimum Gasteiger partial charge on any atom is -0.399 e. The van der Waals surface area contributed by atoms with Gasteiger partial charge in [-0.2, -0.15) is 0 Å². The molecule has 3 N–H and O–H groups in total. The van der Waals surface area contributed by atoms with E-state index >= 15 is 0 Å². The standard InChI is InChI=1S/C12H9ClFN3O/c13-10-5-8(15)2-3-9(10)12(18)17-11-4-1-7(14)6-16-11/h1-6H,15H2,(H,16,17,18). The highest BCUT2D eigenvalue weighted by Gasteiger charge is 2.11. The van der Waals surface area contributed by atoms with Gasteiger partial charge in [0.2, 0.25) is 0 Å². The highest BCUT2D eigenvalue weighted by Crippen LogP contribution is 2.20. The Hall–Kier alpha value is -2.14. The molecule has 0 bridgehead atoms. The van der Waals surface area contributed by atoms with Gasteiger partial charge < -0.3 is 11.1 Å². The van der Waals surface area contributed by atoms with Crippen molar-refractivity contribution in [1.29, 1.82) is 0 Å². The quantitative estimate of drug-likeness (QED) is 0.821. The van der Waals surface area contributed by atoms with Gasteiger partial charge in [-0.3, -0.25) is 4.79 Å². The van der Waals surface area contributed by atoms with E-state index in [2.05, 4.69) is 10.3 Å². The molecule has 4 nitrogen and oxygen atoms in total. The van der Waals surface area contributed by atoms with Crippen molar-refractivity contribution >= 4 is 29.0 Å². The number of aromatic nitrogens is 1. The predicted octanol–water partition coefficient (Wildman–Crippen LogP) is 2.71. The number of rotatable bonds is 2. The molecule has 92 valence electrons. The number of benzene rings is 1. The molecule has 0 radical (unpaired) electrons. The van der Waals surface area contributed by atoms with Gasteiger partial charge in [-0.15, -0.1) is 0 Å². The molecule has 1 aromatic heterocycles. The summed E-state index contributed by atoms with van der Waals surface area (Å²) in [4.78, 5) is 15.6. The average molecular weight is 266 g/mol. The van der Waals surface area contributed by atoms with Crippen LogP contribution >= 0.6 is 11.6 Å². The number of anilines is 2. The summed E-state index contributed by atoms with van der Waals surface area (Å²) in [5.74, 6) is -0.660. The molecule has 0 atom stereocenters. The SMILES string of the molecule is Nc1ccc(C(=O)Nc2ccc(F)cn2)c(Cl)c1. The molecular weight excluding hydrogens is 257 g/mol. The molecule has 0 fully saturated rings. The Kier molecular flexibility index (Phi) is 3.43. The lowest BCUT2D eigenvalue weighted by Crippen LogP contribution is -2.13. The fraction of sp³-hybridized carbons (Fsp3) is 0. The summed E-state index contributed by atoms with van der Waals surface area (Å²) >= 11 is 5.89. The Morgan fingerprint density at radius 1 is 1.33 bits per heavy atom. The van der Waals surface area contributed by atoms with Gasteiger partial charge in [-0.25, -0.2) is 9.37 Å². The van der Waals surface area contributed by atoms with E-state index in [0.29, 0.717) is 5.69 Å². The molecule has 6 heteroatoms. The molecule has 0 aliphatic heterocycles. The summed E-state index contributed by atoms with van der Waals surface area (Å²) in [6.07, 6.45) is 1.01. The lowest BCUT2D eigenvalue weighted by atomic mass is 10.2. The number of nitrogens with one attached hydrogen (secondary N) is 1. The van der Waals surface area contributed by atoms with Gasteiger partial charge in [0, 0.05) is 5.69 Å². The number of nitrogens with two attached hydrogens (primary N) is 1. The van der Waals surface area contributed by atoms with Gasteiger partial charge >= 0.3 is 0 Å². The number of carbonyl (C=O) groups is 1. The molecule has 1 aromatic carbocycles. The van der Waals surface area contributed by atoms with Crippen LogP contribution < -0.4 is 11.1 Å². The molecule has 0 saturated carbocycles. The van der Waals surface area contributed by atoms with Crippen LogP contribution in [0.2, 0.25) is 5.02 Å². The van der Waals surface area contributed by atoms with E-state index in [-0.39, 0.29) is 16.4 Å². The largest absolute Gasteiger partial charge is 0.399 e. The second-order valence-electron chi connectivity index (χ2n) is 3.56. The summed E-state index contributed by atoms with van der Waals surface area (Å²) in [6.45, 7) is 0. The maximum atomic E-state index is 12.6. The van der Waals surface area contributed by atoms with Gasteiger partial charge in [0.25, 0.3) is 5.91 Å². The van der Waals surface area contributed by atoms with Crippen LogP contribution in [0.15, 0.2) is 36.5 Å². The molecular formula is C12H9ClFN3O. The van der Waals surface area contributed by atoms with Gasteiger partial charge in [-0.05, 0) is 30.3 Å². The van der Waals surface area contributed by atoms with E-state index in [0.717, 1.165) is 6.20 Å². The molecule has 0 saturated heterocycles. The lowest BCUT2D eigenvalue weighted by Gasteiger charge is -2.06. The molecule has 1 heterocycles. The van der Waals surface area contributed by atoms with Gasteiger partial charge in [0.1, 0.15) is 11.6 Å². The van der Waals surface area contributed by atoms with E-state index in [4.69, 9.17) is 17.3 Å². The summed E-state index contributed by atoms with van der Waals surface area (Å²) in [5.41, 5.74) is 6.27. The summed E-state index contributed by atoms with van der Waals surface area (Å²) < 4.78 is 12.6. The predicted molar refractivity (Wildman–Crippen MR) is 68.0 cm³/mol. The molecule has 2 aromatic rings. The summed E-state index contributed by atoms with van der Waals surface area (Å²) in [7, 11) is 0. The molecule has 1 amide bonds. The first-order valence-electron chi connectivity index (χ1n) is 5.04. The summed E-state index contributed by atoms with van der Waals surface area (Å²) in [5, 5.41) is 2.75. The number of amides is 1. The Bertz CT molecular complexity index is 586. The second kappa shape index (κ2) is 5.01. The van der Waals surface area contributed by atoms with Crippen molar-refractivity contribution in [1.82, 2.24) is 4.98 Å². The van der Waals surface area contributed by atoms with Gasteiger partial charge in [-0.1, -0.05) is 11.6 Å². The maximum Gasteiger partial charge on any atom is 0.258 e. The third kappa shape index (κ3) is 2.75. The number of hydrogen-bond acceptors (Lipinski definition) is 3. The highest BCUT2D eigenvalue weighted by molar-refractivity contribution is 6.34. The van der Waals surface area contributed by atoms with Gasteiger partial charge in [0.05, 0.1) is 16.8 Å². The topological polar surface area (TPSA) is 68.0 Å². The molecule has 2 rings (SSSR count). The highest BCUT2D eigenvalue weighted by atomic mass is 35.5. The van der Waals surface area contributed by atoms with Crippen molar-refractivity contribution in [3.05, 3.63) is 52.9 Å². The van der Waals surface area contributed by atoms with Crippen LogP contribution in [0.3, 0.4) is 0 Å². The number of nitrogens with zero attached hydrogens (tertiary/aromatic N) is 1. The van der Waals surface area contributed by atoms with Gasteiger partial charge in [0.15, 0.2) is 0 Å². The Labute approximate surface area is 108 Å². The first-order chi connectivity index (χ1) is 8.56. The third-order valence-corrected chi connectivity index (χ3v) is 2.52. The molecule has 0 spiro atoms. The van der Waals surface area contributed by atoms with Crippen molar-refractivity contribution < 1.29 is 9.18 Å². The van der Waals surface area contributed by atoms with Crippen LogP contribution in [0.5, 0.6) is 0 Å². The van der Waals surface area contributed by atoms with Crippen LogP contribution in [-0.2, 0) is 0 Å². The smallest absolute Gasteiger partial charge is 0.258 e. The summed E-state index contributed by atoms with van der Waals surface area (Å²) in [6, 6.07) is 7.12. The Morgan fingerprint density at radius 2 is 2.11 bits per heavy atom. The van der Waals surface area contributed by atoms with E-state index in [1.807, 2.05) is 0 Å². The number of halogens is 2. The Morgan fingerprint density at radius 3 is 2.72 bits per heavy atom. The Balaban J connectivity index is 2.19. The zero-order chi connectivity index (χ0) is 13.1. The van der Waals surface area contributed by atoms with Crippen LogP contribution in [0.1, 0.15) is 10.4 Å². The normalized spacial score (nSPS) is 10.1. The number of pyridine rings is 1. The van der Waals surface area contributed by atoms with Crippen molar-refractivity contribution in [3.63, 3.8) is 0 Å². The first kappa shape index (κ1) is 12.3. The first-order valence-corrected chi connectivity index (χ1v) is 5.42. The molecule has 0 aliphatic carbocycles. The number of nitrogen functional groups attached to an aromatic ring is 1. The van der Waals surface area contributed by atoms with Crippen LogP contribution in [0.25, 0.3) is 0 Å². The monoisotopic (exact) mass is 265 g/mol. The van der Waals surface area contributed by atoms with E-state index in [1.54, 1.807) is 6.07 Å². The average Bonchev–Trinajstić information content (AvgIpc) is 2.32. The molecule has 0 aliphatic rings. The van der Waals surface area contributed by atoms with Crippen molar-refractivity contribution in [2.75, 3.05) is 11.1 Å². The minimum absolute atomic E-state index is 0.245. The van der Waals surface area contributed by atoms with Crippen LogP contribution in [0, 0.1) is 5.82 Å². The van der Waals surface area contributed by atoms with Crippen molar-refractivity contribution in [2.45, 2.75) is 0 Å². The van der Waals surface area contributed by atoms with E-state index in [1.165, 1.54) is 24.3 Å². The molecule has 18 heavy (non-hydrogen) atoms. The number of hydrogen-bond donors (Lipinski definition) is 2. The second-order valence-corrected chi connectivity index (χ2v) is 3.96. The van der Waals surface area contributed by atoms with E-state index in [9.17, 15) is 9.18 Å². The zero-order valence-electron chi connectivity index (χ0n) is 9.15. The van der Waals surface area contributed by atoms with Crippen LogP contribution in [0.4, 0.5) is 15.9 Å². The fourth-order valence-corrected chi connectivity index (χ4v) is 1.62.